The number of hydrogen-bond acceptors (Lipinski definition) is 3. The number of alkyl halides is 3. The van der Waals surface area contributed by atoms with Crippen LogP contribution in [0.1, 0.15) is 0 Å². The number of aliphatic imine (C=N–C) groups is 1. The predicted molar refractivity (Wildman–Crippen MR) is 45.2 cm³/mol. The maximum atomic E-state index is 12.7. The van der Waals surface area contributed by atoms with E-state index in [1.807, 2.05) is 0 Å². The quantitative estimate of drug-likeness (QED) is 0.403. The Morgan fingerprint density at radius 2 is 2.36 bits per heavy atom. The molecule has 0 fully saturated rings. The van der Waals surface area contributed by atoms with E-state index in [2.05, 4.69) is 9.73 Å². The molecule has 64 valence electrons. The average molecular weight is 276 g/mol. The number of hydrogen-bond donors (Lipinski definition) is 1. The Hall–Kier alpha value is 0.0200. The molecule has 0 aromatic rings. The Morgan fingerprint density at radius 1 is 1.73 bits per heavy atom. The highest BCUT2D eigenvalue weighted by atomic mass is 127. The fraction of sp³-hybridized carbons (Fsp3) is 0.800. The number of halogens is 3. The Labute approximate surface area is 76.1 Å². The van der Waals surface area contributed by atoms with Crippen molar-refractivity contribution in [2.24, 2.45) is 10.7 Å². The molecule has 1 atom stereocenters. The minimum absolute atomic E-state index is 0.00487. The summed E-state index contributed by atoms with van der Waals surface area (Å²) in [6.07, 6.45) is 0. The minimum Gasteiger partial charge on any atom is -0.385 e. The molecule has 0 aromatic heterocycles. The van der Waals surface area contributed by atoms with E-state index in [9.17, 15) is 8.78 Å². The largest absolute Gasteiger partial charge is 0.385 e. The van der Waals surface area contributed by atoms with Crippen molar-refractivity contribution in [3.05, 3.63) is 0 Å². The second-order valence-electron chi connectivity index (χ2n) is 2.21. The SMILES string of the molecule is NC1=N[C@@H](I)C(F)(F)COC1. The molecule has 0 bridgehead atoms. The molecule has 1 heterocycles. The van der Waals surface area contributed by atoms with Gasteiger partial charge in [0.2, 0.25) is 0 Å². The van der Waals surface area contributed by atoms with E-state index in [4.69, 9.17) is 5.73 Å². The summed E-state index contributed by atoms with van der Waals surface area (Å²) in [5.74, 6) is -2.77. The van der Waals surface area contributed by atoms with E-state index in [0.29, 0.717) is 0 Å². The highest BCUT2D eigenvalue weighted by molar-refractivity contribution is 14.1. The molecular weight excluding hydrogens is 269 g/mol. The van der Waals surface area contributed by atoms with E-state index < -0.39 is 16.6 Å². The van der Waals surface area contributed by atoms with Crippen molar-refractivity contribution >= 4 is 28.4 Å². The van der Waals surface area contributed by atoms with Crippen molar-refractivity contribution in [1.82, 2.24) is 0 Å². The van der Waals surface area contributed by atoms with Crippen LogP contribution in [-0.4, -0.2) is 29.0 Å². The normalized spacial score (nSPS) is 30.8. The van der Waals surface area contributed by atoms with Crippen LogP contribution in [0.4, 0.5) is 8.78 Å². The van der Waals surface area contributed by atoms with Crippen LogP contribution in [0, 0.1) is 0 Å². The maximum absolute atomic E-state index is 12.7. The Balaban J connectivity index is 2.75. The summed E-state index contributed by atoms with van der Waals surface area (Å²) < 4.78 is 28.9. The molecule has 0 spiro atoms. The van der Waals surface area contributed by atoms with Gasteiger partial charge in [-0.15, -0.1) is 0 Å². The summed E-state index contributed by atoms with van der Waals surface area (Å²) in [5.41, 5.74) is 5.23. The highest BCUT2D eigenvalue weighted by Gasteiger charge is 2.39. The van der Waals surface area contributed by atoms with Crippen molar-refractivity contribution < 1.29 is 13.5 Å². The minimum atomic E-state index is -2.90. The van der Waals surface area contributed by atoms with Gasteiger partial charge in [0.15, 0.2) is 4.05 Å². The topological polar surface area (TPSA) is 47.6 Å². The summed E-state index contributed by atoms with van der Waals surface area (Å²) >= 11 is 1.54. The zero-order valence-electron chi connectivity index (χ0n) is 5.56. The van der Waals surface area contributed by atoms with E-state index in [-0.39, 0.29) is 12.4 Å². The average Bonchev–Trinajstić information content (AvgIpc) is 1.94. The number of nitrogens with two attached hydrogens (primary N) is 1. The third-order valence-electron chi connectivity index (χ3n) is 1.17. The fourth-order valence-corrected chi connectivity index (χ4v) is 1.18. The standard InChI is InChI=1S/C5H7F2IN2O/c6-5(7)2-11-1-3(9)10-4(5)8/h4H,1-2H2,(H2,9,10)/t4-/m1/s1. The number of rotatable bonds is 0. The van der Waals surface area contributed by atoms with Crippen LogP contribution in [0.15, 0.2) is 4.99 Å². The molecule has 0 saturated carbocycles. The van der Waals surface area contributed by atoms with E-state index in [0.717, 1.165) is 0 Å². The third-order valence-corrected chi connectivity index (χ3v) is 2.36. The van der Waals surface area contributed by atoms with Crippen LogP contribution in [0.5, 0.6) is 0 Å². The van der Waals surface area contributed by atoms with Crippen molar-refractivity contribution in [1.29, 1.82) is 0 Å². The van der Waals surface area contributed by atoms with Crippen molar-refractivity contribution in [2.75, 3.05) is 13.2 Å². The number of ether oxygens (including phenoxy) is 1. The second kappa shape index (κ2) is 3.18. The van der Waals surface area contributed by atoms with Crippen LogP contribution < -0.4 is 5.73 Å². The first-order valence-corrected chi connectivity index (χ1v) is 4.19. The van der Waals surface area contributed by atoms with Crippen molar-refractivity contribution in [3.63, 3.8) is 0 Å². The first-order valence-electron chi connectivity index (χ1n) is 2.94. The van der Waals surface area contributed by atoms with Crippen molar-refractivity contribution in [3.8, 4) is 0 Å². The van der Waals surface area contributed by atoms with Gasteiger partial charge in [-0.1, -0.05) is 0 Å². The second-order valence-corrected chi connectivity index (χ2v) is 3.39. The molecule has 0 aliphatic carbocycles. The molecule has 1 rings (SSSR count). The van der Waals surface area contributed by atoms with Crippen LogP contribution in [0.3, 0.4) is 0 Å². The van der Waals surface area contributed by atoms with Gasteiger partial charge in [0.05, 0.1) is 0 Å². The molecule has 2 N–H and O–H groups in total. The Kier molecular flexibility index (Phi) is 2.63. The molecule has 11 heavy (non-hydrogen) atoms. The van der Waals surface area contributed by atoms with Gasteiger partial charge in [-0.2, -0.15) is 0 Å². The number of amidine groups is 1. The Bertz CT molecular complexity index is 185. The van der Waals surface area contributed by atoms with E-state index in [1.54, 1.807) is 22.6 Å². The van der Waals surface area contributed by atoms with E-state index in [1.165, 1.54) is 0 Å². The van der Waals surface area contributed by atoms with Crippen molar-refractivity contribution in [2.45, 2.75) is 9.97 Å². The van der Waals surface area contributed by atoms with Gasteiger partial charge < -0.3 is 10.5 Å². The summed E-state index contributed by atoms with van der Waals surface area (Å²) in [6, 6.07) is 0. The maximum Gasteiger partial charge on any atom is 0.301 e. The van der Waals surface area contributed by atoms with Gasteiger partial charge in [-0.25, -0.2) is 8.78 Å². The summed E-state index contributed by atoms with van der Waals surface area (Å²) in [4.78, 5) is 3.54. The molecule has 0 aromatic carbocycles. The van der Waals surface area contributed by atoms with Gasteiger partial charge in [-0.05, 0) is 22.6 Å². The smallest absolute Gasteiger partial charge is 0.301 e. The van der Waals surface area contributed by atoms with Gasteiger partial charge >= 0.3 is 5.92 Å². The fourth-order valence-electron chi connectivity index (χ4n) is 0.638. The van der Waals surface area contributed by atoms with Gasteiger partial charge in [-0.3, -0.25) is 4.99 Å². The molecule has 1 aliphatic heterocycles. The summed E-state index contributed by atoms with van der Waals surface area (Å²) in [6.45, 7) is -0.611. The van der Waals surface area contributed by atoms with Crippen LogP contribution in [0.2, 0.25) is 0 Å². The monoisotopic (exact) mass is 276 g/mol. The zero-order chi connectivity index (χ0) is 8.48. The van der Waals surface area contributed by atoms with Gasteiger partial charge in [0, 0.05) is 0 Å². The first-order chi connectivity index (χ1) is 5.02. The lowest BCUT2D eigenvalue weighted by Gasteiger charge is -2.15. The third kappa shape index (κ3) is 2.22. The van der Waals surface area contributed by atoms with E-state index >= 15 is 0 Å². The molecule has 1 aliphatic rings. The van der Waals surface area contributed by atoms with Crippen LogP contribution in [0.25, 0.3) is 0 Å². The molecule has 0 unspecified atom stereocenters. The summed E-state index contributed by atoms with van der Waals surface area (Å²) in [7, 11) is 0. The predicted octanol–water partition coefficient (Wildman–Crippen LogP) is 0.770. The molecule has 0 amide bonds. The van der Waals surface area contributed by atoms with Crippen LogP contribution in [-0.2, 0) is 4.74 Å². The number of nitrogens with zero attached hydrogens (tertiary/aromatic N) is 1. The summed E-state index contributed by atoms with van der Waals surface area (Å²) in [5, 5.41) is 0. The molecular formula is C5H7F2IN2O. The zero-order valence-corrected chi connectivity index (χ0v) is 7.72. The molecule has 3 nitrogen and oxygen atoms in total. The van der Waals surface area contributed by atoms with Gasteiger partial charge in [0.25, 0.3) is 0 Å². The highest BCUT2D eigenvalue weighted by Crippen LogP contribution is 2.28. The lowest BCUT2D eigenvalue weighted by molar-refractivity contribution is -0.0606. The van der Waals surface area contributed by atoms with Gasteiger partial charge in [0.1, 0.15) is 19.0 Å². The molecule has 6 heteroatoms. The Morgan fingerprint density at radius 3 is 3.00 bits per heavy atom. The lowest BCUT2D eigenvalue weighted by atomic mass is 10.4. The molecule has 0 radical (unpaired) electrons. The first kappa shape index (κ1) is 9.11. The van der Waals surface area contributed by atoms with Crippen LogP contribution >= 0.6 is 22.6 Å². The molecule has 0 saturated heterocycles. The lowest BCUT2D eigenvalue weighted by Crippen LogP contribution is -2.31.